The molecule has 1 aromatic carbocycles. The van der Waals surface area contributed by atoms with E-state index >= 15 is 0 Å². The van der Waals surface area contributed by atoms with E-state index in [0.29, 0.717) is 5.56 Å². The Morgan fingerprint density at radius 3 is 2.31 bits per heavy atom. The lowest BCUT2D eigenvalue weighted by molar-refractivity contribution is -0.139. The van der Waals surface area contributed by atoms with Gasteiger partial charge in [-0.25, -0.2) is 0 Å². The first-order valence-corrected chi connectivity index (χ1v) is 5.84. The van der Waals surface area contributed by atoms with Crippen LogP contribution in [0.25, 0.3) is 0 Å². The molecular weight excluding hydrogens is 234 g/mol. The number of nitrogens with one attached hydrogen (secondary N) is 1. The molecule has 1 rings (SSSR count). The zero-order valence-corrected chi connectivity index (χ0v) is 9.02. The highest BCUT2D eigenvalue weighted by molar-refractivity contribution is 7.83. The average molecular weight is 245 g/mol. The molecule has 0 saturated carbocycles. The number of hydrogen-bond acceptors (Lipinski definition) is 3. The lowest BCUT2D eigenvalue weighted by Crippen LogP contribution is -2.41. The van der Waals surface area contributed by atoms with Gasteiger partial charge in [-0.3, -0.25) is 9.35 Å². The van der Waals surface area contributed by atoms with Crippen molar-refractivity contribution < 1.29 is 22.9 Å². The third kappa shape index (κ3) is 4.39. The van der Waals surface area contributed by atoms with Gasteiger partial charge in [-0.05, 0) is 12.0 Å². The fourth-order valence-corrected chi connectivity index (χ4v) is 1.75. The molecule has 0 spiro atoms. The minimum Gasteiger partial charge on any atom is -0.480 e. The zero-order valence-electron chi connectivity index (χ0n) is 8.20. The van der Waals surface area contributed by atoms with E-state index in [9.17, 15) is 13.2 Å². The smallest absolute Gasteiger partial charge is 0.334 e. The lowest BCUT2D eigenvalue weighted by atomic mass is 10.1. The Morgan fingerprint density at radius 1 is 1.31 bits per heavy atom. The van der Waals surface area contributed by atoms with Crippen LogP contribution in [-0.2, 0) is 21.5 Å². The van der Waals surface area contributed by atoms with E-state index in [1.807, 2.05) is 0 Å². The maximum Gasteiger partial charge on any atom is 0.334 e. The van der Waals surface area contributed by atoms with Crippen molar-refractivity contribution in [2.24, 2.45) is 0 Å². The Labute approximate surface area is 92.8 Å². The van der Waals surface area contributed by atoms with E-state index in [-0.39, 0.29) is 6.42 Å². The molecule has 1 atom stereocenters. The molecule has 0 heterocycles. The van der Waals surface area contributed by atoms with Gasteiger partial charge in [0.25, 0.3) is 0 Å². The molecule has 0 aliphatic heterocycles. The number of carbonyl (C=O) groups is 1. The summed E-state index contributed by atoms with van der Waals surface area (Å²) in [7, 11) is -4.52. The van der Waals surface area contributed by atoms with Crippen LogP contribution >= 0.6 is 0 Å². The molecule has 16 heavy (non-hydrogen) atoms. The molecule has 1 aromatic rings. The van der Waals surface area contributed by atoms with Crippen molar-refractivity contribution in [3.05, 3.63) is 35.9 Å². The summed E-state index contributed by atoms with van der Waals surface area (Å²) in [6, 6.07) is 7.14. The molecule has 0 amide bonds. The number of carboxylic acid groups (broad SMARTS) is 1. The number of rotatable bonds is 5. The molecule has 0 unspecified atom stereocenters. The van der Waals surface area contributed by atoms with Crippen LogP contribution < -0.4 is 4.72 Å². The van der Waals surface area contributed by atoms with Gasteiger partial charge in [0.1, 0.15) is 6.04 Å². The summed E-state index contributed by atoms with van der Waals surface area (Å²) in [5, 5.41) is 8.76. The second-order valence-electron chi connectivity index (χ2n) is 3.17. The molecule has 6 nitrogen and oxygen atoms in total. The van der Waals surface area contributed by atoms with Gasteiger partial charge in [-0.2, -0.15) is 13.1 Å². The van der Waals surface area contributed by atoms with Gasteiger partial charge in [-0.1, -0.05) is 30.3 Å². The molecule has 3 N–H and O–H groups in total. The molecule has 0 aliphatic carbocycles. The predicted molar refractivity (Wildman–Crippen MR) is 56.3 cm³/mol. The normalized spacial score (nSPS) is 13.3. The Bertz CT molecular complexity index is 456. The van der Waals surface area contributed by atoms with Crippen molar-refractivity contribution in [1.29, 1.82) is 0 Å². The van der Waals surface area contributed by atoms with Crippen molar-refractivity contribution in [3.8, 4) is 0 Å². The maximum absolute atomic E-state index is 10.7. The summed E-state index contributed by atoms with van der Waals surface area (Å²) in [6.45, 7) is 0. The molecule has 0 radical (unpaired) electrons. The topological polar surface area (TPSA) is 104 Å². The summed E-state index contributed by atoms with van der Waals surface area (Å²) < 4.78 is 31.2. The van der Waals surface area contributed by atoms with Crippen LogP contribution in [0.2, 0.25) is 0 Å². The quantitative estimate of drug-likeness (QED) is 0.637. The molecule has 0 aliphatic rings. The minimum absolute atomic E-state index is 0.0318. The monoisotopic (exact) mass is 245 g/mol. The Hall–Kier alpha value is -1.44. The summed E-state index contributed by atoms with van der Waals surface area (Å²) in [6.07, 6.45) is -0.0318. The van der Waals surface area contributed by atoms with E-state index in [1.165, 1.54) is 0 Å². The highest BCUT2D eigenvalue weighted by Gasteiger charge is 2.22. The van der Waals surface area contributed by atoms with Gasteiger partial charge in [0.15, 0.2) is 0 Å². The van der Waals surface area contributed by atoms with Crippen molar-refractivity contribution in [1.82, 2.24) is 4.72 Å². The highest BCUT2D eigenvalue weighted by atomic mass is 32.2. The first-order valence-electron chi connectivity index (χ1n) is 4.40. The molecule has 0 saturated heterocycles. The fraction of sp³-hybridized carbons (Fsp3) is 0.222. The predicted octanol–water partition coefficient (Wildman–Crippen LogP) is 0.0747. The van der Waals surface area contributed by atoms with Crippen LogP contribution in [0.3, 0.4) is 0 Å². The van der Waals surface area contributed by atoms with Crippen molar-refractivity contribution in [2.75, 3.05) is 0 Å². The van der Waals surface area contributed by atoms with Crippen molar-refractivity contribution in [3.63, 3.8) is 0 Å². The van der Waals surface area contributed by atoms with Crippen LogP contribution in [0.5, 0.6) is 0 Å². The molecular formula is C9H11NO5S. The summed E-state index contributed by atoms with van der Waals surface area (Å²) in [5.74, 6) is -1.35. The number of benzene rings is 1. The third-order valence-electron chi connectivity index (χ3n) is 1.87. The van der Waals surface area contributed by atoms with Crippen LogP contribution in [0.4, 0.5) is 0 Å². The second kappa shape index (κ2) is 5.06. The molecule has 0 aromatic heterocycles. The van der Waals surface area contributed by atoms with E-state index < -0.39 is 22.3 Å². The largest absolute Gasteiger partial charge is 0.480 e. The average Bonchev–Trinajstić information content (AvgIpc) is 2.16. The van der Waals surface area contributed by atoms with E-state index in [2.05, 4.69) is 0 Å². The third-order valence-corrected chi connectivity index (χ3v) is 2.45. The lowest BCUT2D eigenvalue weighted by Gasteiger charge is -2.11. The number of hydrogen-bond donors (Lipinski definition) is 3. The van der Waals surface area contributed by atoms with Gasteiger partial charge >= 0.3 is 16.3 Å². The minimum atomic E-state index is -4.52. The number of aliphatic carboxylic acids is 1. The molecule has 88 valence electrons. The van der Waals surface area contributed by atoms with E-state index in [1.54, 1.807) is 35.1 Å². The van der Waals surface area contributed by atoms with E-state index in [0.717, 1.165) is 0 Å². The SMILES string of the molecule is O=C(O)[C@@H](Cc1ccccc1)NS(=O)(=O)O. The van der Waals surface area contributed by atoms with Crippen LogP contribution in [0.1, 0.15) is 5.56 Å². The molecule has 0 bridgehead atoms. The fourth-order valence-electron chi connectivity index (χ4n) is 1.21. The summed E-state index contributed by atoms with van der Waals surface area (Å²) >= 11 is 0. The van der Waals surface area contributed by atoms with Crippen LogP contribution in [-0.4, -0.2) is 30.1 Å². The van der Waals surface area contributed by atoms with Gasteiger partial charge in [0.05, 0.1) is 0 Å². The first kappa shape index (κ1) is 12.6. The Balaban J connectivity index is 2.77. The van der Waals surface area contributed by atoms with Crippen LogP contribution in [0, 0.1) is 0 Å². The first-order chi connectivity index (χ1) is 7.38. The molecule has 7 heteroatoms. The summed E-state index contributed by atoms with van der Waals surface area (Å²) in [4.78, 5) is 10.7. The zero-order chi connectivity index (χ0) is 12.2. The van der Waals surface area contributed by atoms with Crippen LogP contribution in [0.15, 0.2) is 30.3 Å². The maximum atomic E-state index is 10.7. The Kier molecular flexibility index (Phi) is 3.99. The summed E-state index contributed by atoms with van der Waals surface area (Å²) in [5.41, 5.74) is 0.658. The van der Waals surface area contributed by atoms with Gasteiger partial charge in [0, 0.05) is 0 Å². The van der Waals surface area contributed by atoms with E-state index in [4.69, 9.17) is 9.66 Å². The van der Waals surface area contributed by atoms with Gasteiger partial charge in [-0.15, -0.1) is 0 Å². The molecule has 0 fully saturated rings. The second-order valence-corrected chi connectivity index (χ2v) is 4.36. The van der Waals surface area contributed by atoms with Gasteiger partial charge < -0.3 is 5.11 Å². The van der Waals surface area contributed by atoms with Crippen molar-refractivity contribution in [2.45, 2.75) is 12.5 Å². The standard InChI is InChI=1S/C9H11NO5S/c11-9(12)8(10-16(13,14)15)6-7-4-2-1-3-5-7/h1-5,8,10H,6H2,(H,11,12)(H,13,14,15)/t8-/m1/s1. The highest BCUT2D eigenvalue weighted by Crippen LogP contribution is 2.04. The van der Waals surface area contributed by atoms with Gasteiger partial charge in [0.2, 0.25) is 0 Å². The Morgan fingerprint density at radius 2 is 1.88 bits per heavy atom. The van der Waals surface area contributed by atoms with Crippen molar-refractivity contribution >= 4 is 16.3 Å². The number of carboxylic acids is 1.